The number of carbonyl (C=O) groups is 1. The minimum absolute atomic E-state index is 0.0364. The van der Waals surface area contributed by atoms with Gasteiger partial charge in [-0.2, -0.15) is 0 Å². The Morgan fingerprint density at radius 1 is 1.43 bits per heavy atom. The van der Waals surface area contributed by atoms with Crippen molar-refractivity contribution in [1.29, 1.82) is 0 Å². The number of hydrogen-bond acceptors (Lipinski definition) is 5. The number of hydrogen-bond donors (Lipinski definition) is 1. The van der Waals surface area contributed by atoms with Crippen molar-refractivity contribution in [3.8, 4) is 0 Å². The van der Waals surface area contributed by atoms with Gasteiger partial charge in [0.1, 0.15) is 17.6 Å². The number of nitro groups is 1. The van der Waals surface area contributed by atoms with Gasteiger partial charge in [-0.1, -0.05) is 13.8 Å². The van der Waals surface area contributed by atoms with E-state index >= 15 is 0 Å². The molecule has 1 heterocycles. The molecule has 0 spiro atoms. The molecule has 1 rings (SSSR count). The Bertz CT molecular complexity index is 529. The van der Waals surface area contributed by atoms with Crippen molar-refractivity contribution in [2.75, 3.05) is 18.9 Å². The number of aromatic nitrogens is 1. The molecule has 0 aliphatic carbocycles. The maximum Gasteiger partial charge on any atom is 0.300 e. The quantitative estimate of drug-likeness (QED) is 0.643. The SMILES string of the molecule is CNc1cc(C(=O)N(CC(C)C)C(C)C)c([N+](=O)[O-])cn1. The summed E-state index contributed by atoms with van der Waals surface area (Å²) in [7, 11) is 1.65. The first-order chi connectivity index (χ1) is 9.77. The molecule has 0 fully saturated rings. The summed E-state index contributed by atoms with van der Waals surface area (Å²) >= 11 is 0. The highest BCUT2D eigenvalue weighted by molar-refractivity contribution is 5.98. The van der Waals surface area contributed by atoms with Gasteiger partial charge in [0.05, 0.1) is 4.92 Å². The van der Waals surface area contributed by atoms with E-state index in [1.54, 1.807) is 11.9 Å². The molecule has 1 amide bonds. The summed E-state index contributed by atoms with van der Waals surface area (Å²) in [5.41, 5.74) is -0.206. The summed E-state index contributed by atoms with van der Waals surface area (Å²) < 4.78 is 0. The minimum atomic E-state index is -0.576. The van der Waals surface area contributed by atoms with E-state index < -0.39 is 4.92 Å². The predicted molar refractivity (Wildman–Crippen MR) is 81.4 cm³/mol. The topological polar surface area (TPSA) is 88.4 Å². The van der Waals surface area contributed by atoms with E-state index in [1.807, 2.05) is 27.7 Å². The second-order valence-corrected chi connectivity index (χ2v) is 5.54. The van der Waals surface area contributed by atoms with Crippen LogP contribution in [0.15, 0.2) is 12.3 Å². The normalized spacial score (nSPS) is 10.8. The Balaban J connectivity index is 3.27. The Morgan fingerprint density at radius 2 is 2.05 bits per heavy atom. The molecule has 0 aromatic carbocycles. The lowest BCUT2D eigenvalue weighted by atomic mass is 10.1. The second kappa shape index (κ2) is 7.01. The summed E-state index contributed by atoms with van der Waals surface area (Å²) in [4.78, 5) is 28.8. The Kier molecular flexibility index (Phi) is 5.63. The summed E-state index contributed by atoms with van der Waals surface area (Å²) in [6, 6.07) is 1.39. The lowest BCUT2D eigenvalue weighted by Gasteiger charge is -2.28. The minimum Gasteiger partial charge on any atom is -0.373 e. The largest absolute Gasteiger partial charge is 0.373 e. The van der Waals surface area contributed by atoms with E-state index in [0.29, 0.717) is 12.4 Å². The van der Waals surface area contributed by atoms with Gasteiger partial charge < -0.3 is 10.2 Å². The van der Waals surface area contributed by atoms with Crippen LogP contribution in [0, 0.1) is 16.0 Å². The zero-order chi connectivity index (χ0) is 16.2. The van der Waals surface area contributed by atoms with Gasteiger partial charge in [0, 0.05) is 25.7 Å². The molecule has 7 nitrogen and oxygen atoms in total. The molecule has 0 radical (unpaired) electrons. The van der Waals surface area contributed by atoms with E-state index in [0.717, 1.165) is 6.20 Å². The Morgan fingerprint density at radius 3 is 2.48 bits per heavy atom. The molecule has 21 heavy (non-hydrogen) atoms. The Labute approximate surface area is 124 Å². The Hall–Kier alpha value is -2.18. The molecule has 116 valence electrons. The van der Waals surface area contributed by atoms with Gasteiger partial charge in [-0.05, 0) is 19.8 Å². The standard InChI is InChI=1S/C14H22N4O3/c1-9(2)8-17(10(3)4)14(19)11-6-13(15-5)16-7-12(11)18(20)21/h6-7,9-10H,8H2,1-5H3,(H,15,16). The first-order valence-electron chi connectivity index (χ1n) is 6.91. The van der Waals surface area contributed by atoms with Crippen molar-refractivity contribution >= 4 is 17.4 Å². The number of rotatable bonds is 6. The molecule has 0 saturated heterocycles. The van der Waals surface area contributed by atoms with Crippen LogP contribution in [0.2, 0.25) is 0 Å². The maximum atomic E-state index is 12.7. The first-order valence-corrected chi connectivity index (χ1v) is 6.91. The number of nitrogens with zero attached hydrogens (tertiary/aromatic N) is 3. The molecule has 0 aliphatic rings. The van der Waals surface area contributed by atoms with Crippen molar-refractivity contribution in [3.63, 3.8) is 0 Å². The summed E-state index contributed by atoms with van der Waals surface area (Å²) in [6.07, 6.45) is 1.12. The van der Waals surface area contributed by atoms with Crippen LogP contribution >= 0.6 is 0 Å². The van der Waals surface area contributed by atoms with Crippen LogP contribution in [0.1, 0.15) is 38.1 Å². The number of carbonyl (C=O) groups excluding carboxylic acids is 1. The molecule has 0 aliphatic heterocycles. The van der Waals surface area contributed by atoms with Gasteiger partial charge in [0.15, 0.2) is 0 Å². The van der Waals surface area contributed by atoms with Crippen molar-refractivity contribution < 1.29 is 9.72 Å². The van der Waals surface area contributed by atoms with Gasteiger partial charge >= 0.3 is 0 Å². The van der Waals surface area contributed by atoms with E-state index in [2.05, 4.69) is 10.3 Å². The molecule has 0 bridgehead atoms. The summed E-state index contributed by atoms with van der Waals surface area (Å²) in [5.74, 6) is 0.363. The fourth-order valence-corrected chi connectivity index (χ4v) is 1.98. The van der Waals surface area contributed by atoms with Crippen molar-refractivity contribution in [2.24, 2.45) is 5.92 Å². The van der Waals surface area contributed by atoms with Crippen LogP contribution in [0.4, 0.5) is 11.5 Å². The monoisotopic (exact) mass is 294 g/mol. The third-order valence-electron chi connectivity index (χ3n) is 3.01. The average molecular weight is 294 g/mol. The van der Waals surface area contributed by atoms with Crippen LogP contribution in [0.25, 0.3) is 0 Å². The van der Waals surface area contributed by atoms with E-state index in [4.69, 9.17) is 0 Å². The van der Waals surface area contributed by atoms with E-state index in [9.17, 15) is 14.9 Å². The molecule has 1 aromatic rings. The average Bonchev–Trinajstić information content (AvgIpc) is 2.42. The lowest BCUT2D eigenvalue weighted by Crippen LogP contribution is -2.39. The highest BCUT2D eigenvalue weighted by Crippen LogP contribution is 2.23. The number of anilines is 1. The van der Waals surface area contributed by atoms with Crippen molar-refractivity contribution in [3.05, 3.63) is 27.9 Å². The smallest absolute Gasteiger partial charge is 0.300 e. The highest BCUT2D eigenvalue weighted by atomic mass is 16.6. The fraction of sp³-hybridized carbons (Fsp3) is 0.571. The first kappa shape index (κ1) is 16.9. The zero-order valence-electron chi connectivity index (χ0n) is 13.1. The second-order valence-electron chi connectivity index (χ2n) is 5.54. The fourth-order valence-electron chi connectivity index (χ4n) is 1.98. The van der Waals surface area contributed by atoms with Gasteiger partial charge in [-0.15, -0.1) is 0 Å². The van der Waals surface area contributed by atoms with Gasteiger partial charge in [-0.25, -0.2) is 4.98 Å². The maximum absolute atomic E-state index is 12.7. The van der Waals surface area contributed by atoms with Crippen LogP contribution < -0.4 is 5.32 Å². The van der Waals surface area contributed by atoms with Crippen molar-refractivity contribution in [1.82, 2.24) is 9.88 Å². The summed E-state index contributed by atoms with van der Waals surface area (Å²) in [6.45, 7) is 8.34. The molecule has 1 aromatic heterocycles. The molecular formula is C14H22N4O3. The lowest BCUT2D eigenvalue weighted by molar-refractivity contribution is -0.385. The van der Waals surface area contributed by atoms with Crippen molar-refractivity contribution in [2.45, 2.75) is 33.7 Å². The number of pyridine rings is 1. The molecule has 7 heteroatoms. The van der Waals surface area contributed by atoms with Crippen LogP contribution in [0.5, 0.6) is 0 Å². The number of amides is 1. The van der Waals surface area contributed by atoms with Gasteiger partial charge in [-0.3, -0.25) is 14.9 Å². The third kappa shape index (κ3) is 4.14. The van der Waals surface area contributed by atoms with Gasteiger partial charge in [0.25, 0.3) is 11.6 Å². The van der Waals surface area contributed by atoms with Crippen LogP contribution in [0.3, 0.4) is 0 Å². The zero-order valence-corrected chi connectivity index (χ0v) is 13.1. The third-order valence-corrected chi connectivity index (χ3v) is 3.01. The number of nitrogens with one attached hydrogen (secondary N) is 1. The molecular weight excluding hydrogens is 272 g/mol. The molecule has 0 atom stereocenters. The van der Waals surface area contributed by atoms with E-state index in [1.165, 1.54) is 6.07 Å². The summed E-state index contributed by atoms with van der Waals surface area (Å²) in [5, 5.41) is 13.9. The van der Waals surface area contributed by atoms with Crippen LogP contribution in [-0.4, -0.2) is 40.3 Å². The molecule has 0 unspecified atom stereocenters. The molecule has 1 N–H and O–H groups in total. The van der Waals surface area contributed by atoms with E-state index in [-0.39, 0.29) is 29.1 Å². The molecule has 0 saturated carbocycles. The van der Waals surface area contributed by atoms with Crippen LogP contribution in [-0.2, 0) is 0 Å². The highest BCUT2D eigenvalue weighted by Gasteiger charge is 2.27. The van der Waals surface area contributed by atoms with Gasteiger partial charge in [0.2, 0.25) is 0 Å². The predicted octanol–water partition coefficient (Wildman–Crippen LogP) is 2.54.